The van der Waals surface area contributed by atoms with E-state index in [1.807, 2.05) is 0 Å². The van der Waals surface area contributed by atoms with Crippen LogP contribution in [-0.4, -0.2) is 22.5 Å². The minimum Gasteiger partial charge on any atom is -0.480 e. The van der Waals surface area contributed by atoms with Gasteiger partial charge in [0.05, 0.1) is 11.3 Å². The molecule has 0 spiro atoms. The second-order valence-corrected chi connectivity index (χ2v) is 5.72. The quantitative estimate of drug-likeness (QED) is 0.795. The molecule has 0 bridgehead atoms. The van der Waals surface area contributed by atoms with Crippen molar-refractivity contribution in [2.75, 3.05) is 5.32 Å². The molecule has 0 atom stereocenters. The van der Waals surface area contributed by atoms with Crippen LogP contribution in [0, 0.1) is 11.7 Å². The number of hydrogen-bond donors (Lipinski definition) is 3. The third-order valence-corrected chi connectivity index (χ3v) is 4.17. The first kappa shape index (κ1) is 15.3. The van der Waals surface area contributed by atoms with Crippen LogP contribution in [0.1, 0.15) is 43.0 Å². The van der Waals surface area contributed by atoms with E-state index in [2.05, 4.69) is 12.2 Å². The van der Waals surface area contributed by atoms with Crippen LogP contribution in [0.25, 0.3) is 0 Å². The first-order valence-electron chi connectivity index (χ1n) is 6.95. The number of carbonyl (C=O) groups is 2. The second-order valence-electron chi connectivity index (χ2n) is 5.72. The molecule has 1 fully saturated rings. The average molecular weight is 294 g/mol. The van der Waals surface area contributed by atoms with Crippen molar-refractivity contribution in [3.63, 3.8) is 0 Å². The van der Waals surface area contributed by atoms with Gasteiger partial charge in [0, 0.05) is 0 Å². The van der Waals surface area contributed by atoms with Crippen LogP contribution in [-0.2, 0) is 4.79 Å². The highest BCUT2D eigenvalue weighted by molar-refractivity contribution is 5.99. The zero-order valence-electron chi connectivity index (χ0n) is 11.9. The largest absolute Gasteiger partial charge is 0.480 e. The molecule has 0 saturated heterocycles. The molecule has 0 radical (unpaired) electrons. The summed E-state index contributed by atoms with van der Waals surface area (Å²) in [4.78, 5) is 23.1. The Morgan fingerprint density at radius 1 is 1.38 bits per heavy atom. The van der Waals surface area contributed by atoms with Gasteiger partial charge in [-0.3, -0.25) is 4.79 Å². The summed E-state index contributed by atoms with van der Waals surface area (Å²) >= 11 is 0. The van der Waals surface area contributed by atoms with Gasteiger partial charge in [-0.2, -0.15) is 0 Å². The smallest absolute Gasteiger partial charge is 0.329 e. The van der Waals surface area contributed by atoms with E-state index in [9.17, 15) is 19.1 Å². The lowest BCUT2D eigenvalue weighted by Gasteiger charge is -2.37. The van der Waals surface area contributed by atoms with E-state index < -0.39 is 23.2 Å². The molecule has 0 aliphatic heterocycles. The van der Waals surface area contributed by atoms with Crippen molar-refractivity contribution >= 4 is 17.6 Å². The van der Waals surface area contributed by atoms with Crippen molar-refractivity contribution in [2.45, 2.75) is 38.1 Å². The van der Waals surface area contributed by atoms with Crippen molar-refractivity contribution in [1.29, 1.82) is 0 Å². The van der Waals surface area contributed by atoms with E-state index in [1.54, 1.807) is 0 Å². The van der Waals surface area contributed by atoms with E-state index >= 15 is 0 Å². The summed E-state index contributed by atoms with van der Waals surface area (Å²) in [5, 5.41) is 12.4. The first-order chi connectivity index (χ1) is 9.85. The Kier molecular flexibility index (Phi) is 4.16. The highest BCUT2D eigenvalue weighted by Gasteiger charge is 2.41. The van der Waals surface area contributed by atoms with E-state index in [4.69, 9.17) is 5.73 Å². The molecule has 0 heterocycles. The van der Waals surface area contributed by atoms with Crippen LogP contribution in [0.4, 0.5) is 10.1 Å². The Morgan fingerprint density at radius 2 is 2.00 bits per heavy atom. The number of halogens is 1. The number of carbonyl (C=O) groups excluding carboxylic acids is 1. The number of aliphatic carboxylic acids is 1. The Labute approximate surface area is 122 Å². The molecule has 1 saturated carbocycles. The molecule has 114 valence electrons. The van der Waals surface area contributed by atoms with Crippen molar-refractivity contribution in [1.82, 2.24) is 0 Å². The number of hydrogen-bond acceptors (Lipinski definition) is 3. The van der Waals surface area contributed by atoms with E-state index in [-0.39, 0.29) is 11.3 Å². The zero-order valence-corrected chi connectivity index (χ0v) is 11.9. The van der Waals surface area contributed by atoms with Crippen molar-refractivity contribution in [2.24, 2.45) is 11.7 Å². The van der Waals surface area contributed by atoms with Crippen LogP contribution in [0.15, 0.2) is 18.2 Å². The molecule has 21 heavy (non-hydrogen) atoms. The summed E-state index contributed by atoms with van der Waals surface area (Å²) in [6.07, 6.45) is 2.39. The van der Waals surface area contributed by atoms with Gasteiger partial charge in [0.25, 0.3) is 5.91 Å². The number of anilines is 1. The second kappa shape index (κ2) is 5.71. The van der Waals surface area contributed by atoms with E-state index in [0.29, 0.717) is 18.8 Å². The summed E-state index contributed by atoms with van der Waals surface area (Å²) in [5.41, 5.74) is 3.86. The summed E-state index contributed by atoms with van der Waals surface area (Å²) in [6.45, 7) is 2.07. The number of benzene rings is 1. The number of primary amides is 1. The van der Waals surface area contributed by atoms with Crippen molar-refractivity contribution < 1.29 is 19.1 Å². The lowest BCUT2D eigenvalue weighted by atomic mass is 9.77. The zero-order chi connectivity index (χ0) is 15.6. The van der Waals surface area contributed by atoms with Gasteiger partial charge in [-0.1, -0.05) is 13.0 Å². The van der Waals surface area contributed by atoms with Crippen LogP contribution in [0.3, 0.4) is 0 Å². The van der Waals surface area contributed by atoms with Gasteiger partial charge in [0.2, 0.25) is 0 Å². The van der Waals surface area contributed by atoms with Gasteiger partial charge in [-0.25, -0.2) is 9.18 Å². The van der Waals surface area contributed by atoms with Gasteiger partial charge < -0.3 is 16.2 Å². The normalized spacial score (nSPS) is 25.3. The first-order valence-corrected chi connectivity index (χ1v) is 6.95. The van der Waals surface area contributed by atoms with Gasteiger partial charge in [0.15, 0.2) is 0 Å². The summed E-state index contributed by atoms with van der Waals surface area (Å²) in [6, 6.07) is 4.03. The highest BCUT2D eigenvalue weighted by Crippen LogP contribution is 2.36. The molecule has 5 nitrogen and oxygen atoms in total. The molecular formula is C15H19FN2O3. The number of carboxylic acid groups (broad SMARTS) is 1. The number of amides is 1. The summed E-state index contributed by atoms with van der Waals surface area (Å²) in [7, 11) is 0. The highest BCUT2D eigenvalue weighted by atomic mass is 19.1. The van der Waals surface area contributed by atoms with E-state index in [0.717, 1.165) is 18.9 Å². The van der Waals surface area contributed by atoms with Gasteiger partial charge in [-0.15, -0.1) is 0 Å². The Hall–Kier alpha value is -2.11. The maximum absolute atomic E-state index is 13.8. The maximum Gasteiger partial charge on any atom is 0.329 e. The maximum atomic E-state index is 13.8. The van der Waals surface area contributed by atoms with Gasteiger partial charge in [0.1, 0.15) is 11.4 Å². The SMILES string of the molecule is CC1CCC(Nc2cccc(F)c2C(N)=O)(C(=O)O)CC1. The summed E-state index contributed by atoms with van der Waals surface area (Å²) in [5.74, 6) is -2.20. The number of rotatable bonds is 4. The van der Waals surface area contributed by atoms with E-state index in [1.165, 1.54) is 12.1 Å². The van der Waals surface area contributed by atoms with Crippen LogP contribution in [0.2, 0.25) is 0 Å². The van der Waals surface area contributed by atoms with Crippen molar-refractivity contribution in [3.05, 3.63) is 29.6 Å². The number of nitrogens with two attached hydrogens (primary N) is 1. The predicted molar refractivity (Wildman–Crippen MR) is 76.5 cm³/mol. The van der Waals surface area contributed by atoms with Crippen LogP contribution in [0.5, 0.6) is 0 Å². The van der Waals surface area contributed by atoms with Crippen LogP contribution >= 0.6 is 0 Å². The molecule has 0 aromatic heterocycles. The van der Waals surface area contributed by atoms with Crippen LogP contribution < -0.4 is 11.1 Å². The Bertz CT molecular complexity index is 566. The fourth-order valence-electron chi connectivity index (χ4n) is 2.78. The minimum atomic E-state index is -1.18. The fourth-order valence-corrected chi connectivity index (χ4v) is 2.78. The fraction of sp³-hybridized carbons (Fsp3) is 0.467. The molecule has 1 aliphatic carbocycles. The molecule has 2 rings (SSSR count). The summed E-state index contributed by atoms with van der Waals surface area (Å²) < 4.78 is 13.8. The molecule has 6 heteroatoms. The molecular weight excluding hydrogens is 275 g/mol. The molecule has 0 unspecified atom stereocenters. The third-order valence-electron chi connectivity index (χ3n) is 4.17. The third kappa shape index (κ3) is 2.99. The molecule has 1 amide bonds. The molecule has 1 aromatic carbocycles. The lowest BCUT2D eigenvalue weighted by molar-refractivity contribution is -0.143. The molecule has 1 aliphatic rings. The Morgan fingerprint density at radius 3 is 2.52 bits per heavy atom. The standard InChI is InChI=1S/C15H19FN2O3/c1-9-5-7-15(8-6-9,14(20)21)18-11-4-2-3-10(16)12(11)13(17)19/h2-4,9,18H,5-8H2,1H3,(H2,17,19)(H,20,21). The number of nitrogens with one attached hydrogen (secondary N) is 1. The Balaban J connectivity index is 2.37. The van der Waals surface area contributed by atoms with Gasteiger partial charge >= 0.3 is 5.97 Å². The topological polar surface area (TPSA) is 92.4 Å². The van der Waals surface area contributed by atoms with Crippen molar-refractivity contribution in [3.8, 4) is 0 Å². The monoisotopic (exact) mass is 294 g/mol. The lowest BCUT2D eigenvalue weighted by Crippen LogP contribution is -2.49. The average Bonchev–Trinajstić information content (AvgIpc) is 2.41. The molecule has 1 aromatic rings. The van der Waals surface area contributed by atoms with Gasteiger partial charge in [-0.05, 0) is 43.7 Å². The number of carboxylic acids is 1. The minimum absolute atomic E-state index is 0.138. The predicted octanol–water partition coefficient (Wildman–Crippen LogP) is 2.37. The molecule has 4 N–H and O–H groups in total.